The number of methoxy groups -OCH3 is 1. The second-order valence-electron chi connectivity index (χ2n) is 5.13. The first-order valence-electron chi connectivity index (χ1n) is 6.76. The number of nitrogens with two attached hydrogens (primary N) is 1. The molecule has 0 bridgehead atoms. The van der Waals surface area contributed by atoms with Crippen molar-refractivity contribution >= 4 is 10.0 Å². The first-order valence-corrected chi connectivity index (χ1v) is 8.41. The molecule has 0 aliphatic heterocycles. The Morgan fingerprint density at radius 3 is 2.56 bits per heavy atom. The van der Waals surface area contributed by atoms with Crippen LogP contribution in [0.1, 0.15) is 38.5 Å². The van der Waals surface area contributed by atoms with Gasteiger partial charge in [-0.25, -0.2) is 13.1 Å². The molecule has 0 aromatic heterocycles. The zero-order valence-electron chi connectivity index (χ0n) is 11.2. The summed E-state index contributed by atoms with van der Waals surface area (Å²) in [5.41, 5.74) is 5.47. The largest absolute Gasteiger partial charge is 0.383 e. The third-order valence-corrected chi connectivity index (χ3v) is 5.01. The van der Waals surface area contributed by atoms with Crippen LogP contribution in [-0.4, -0.2) is 40.5 Å². The van der Waals surface area contributed by atoms with Crippen LogP contribution in [0.4, 0.5) is 0 Å². The van der Waals surface area contributed by atoms with Gasteiger partial charge in [-0.2, -0.15) is 0 Å². The summed E-state index contributed by atoms with van der Waals surface area (Å²) in [5, 5.41) is 0. The molecule has 6 heteroatoms. The standard InChI is InChI=1S/C12H26N2O3S/c1-17-9-12(7-8-13)14-18(15,16)10-11-5-3-2-4-6-11/h11-12,14H,2-10,13H2,1H3. The molecule has 1 aliphatic rings. The Bertz CT molecular complexity index is 307. The molecular formula is C12H26N2O3S. The number of rotatable bonds is 8. The van der Waals surface area contributed by atoms with Crippen molar-refractivity contribution in [2.45, 2.75) is 44.6 Å². The van der Waals surface area contributed by atoms with Crippen molar-refractivity contribution in [3.63, 3.8) is 0 Å². The number of ether oxygens (including phenoxy) is 1. The van der Waals surface area contributed by atoms with E-state index in [0.29, 0.717) is 25.5 Å². The summed E-state index contributed by atoms with van der Waals surface area (Å²) < 4.78 is 31.8. The van der Waals surface area contributed by atoms with Gasteiger partial charge in [0.05, 0.1) is 12.4 Å². The average molecular weight is 278 g/mol. The molecule has 0 radical (unpaired) electrons. The Balaban J connectivity index is 2.45. The third kappa shape index (κ3) is 6.13. The molecule has 5 nitrogen and oxygen atoms in total. The monoisotopic (exact) mass is 278 g/mol. The van der Waals surface area contributed by atoms with E-state index in [-0.39, 0.29) is 11.8 Å². The quantitative estimate of drug-likeness (QED) is 0.689. The Morgan fingerprint density at radius 2 is 2.00 bits per heavy atom. The van der Waals surface area contributed by atoms with Crippen LogP contribution in [0.5, 0.6) is 0 Å². The SMILES string of the molecule is COCC(CCN)NS(=O)(=O)CC1CCCCC1. The highest BCUT2D eigenvalue weighted by Gasteiger charge is 2.23. The minimum absolute atomic E-state index is 0.200. The Kier molecular flexibility index (Phi) is 7.14. The van der Waals surface area contributed by atoms with Gasteiger partial charge in [0.25, 0.3) is 0 Å². The van der Waals surface area contributed by atoms with Crippen LogP contribution >= 0.6 is 0 Å². The van der Waals surface area contributed by atoms with Crippen molar-refractivity contribution in [1.29, 1.82) is 0 Å². The van der Waals surface area contributed by atoms with Crippen molar-refractivity contribution in [3.05, 3.63) is 0 Å². The lowest BCUT2D eigenvalue weighted by atomic mass is 9.91. The Morgan fingerprint density at radius 1 is 1.33 bits per heavy atom. The average Bonchev–Trinajstić information content (AvgIpc) is 2.29. The highest BCUT2D eigenvalue weighted by Crippen LogP contribution is 2.24. The maximum Gasteiger partial charge on any atom is 0.212 e. The second-order valence-corrected chi connectivity index (χ2v) is 6.93. The molecule has 1 rings (SSSR count). The van der Waals surface area contributed by atoms with Gasteiger partial charge >= 0.3 is 0 Å². The maximum absolute atomic E-state index is 12.1. The molecule has 1 atom stereocenters. The van der Waals surface area contributed by atoms with E-state index in [0.717, 1.165) is 25.7 Å². The summed E-state index contributed by atoms with van der Waals surface area (Å²) in [4.78, 5) is 0. The van der Waals surface area contributed by atoms with Gasteiger partial charge in [0, 0.05) is 13.2 Å². The van der Waals surface area contributed by atoms with Crippen LogP contribution < -0.4 is 10.5 Å². The highest BCUT2D eigenvalue weighted by atomic mass is 32.2. The molecule has 0 heterocycles. The zero-order chi connectivity index (χ0) is 13.4. The van der Waals surface area contributed by atoms with E-state index in [1.165, 1.54) is 6.42 Å². The molecule has 1 aliphatic carbocycles. The topological polar surface area (TPSA) is 81.4 Å². The second kappa shape index (κ2) is 8.09. The van der Waals surface area contributed by atoms with Gasteiger partial charge < -0.3 is 10.5 Å². The first-order chi connectivity index (χ1) is 8.57. The van der Waals surface area contributed by atoms with E-state index < -0.39 is 10.0 Å². The van der Waals surface area contributed by atoms with Gasteiger partial charge in [-0.05, 0) is 31.7 Å². The molecule has 108 valence electrons. The van der Waals surface area contributed by atoms with E-state index >= 15 is 0 Å². The lowest BCUT2D eigenvalue weighted by Gasteiger charge is -2.23. The number of hydrogen-bond donors (Lipinski definition) is 2. The molecule has 0 amide bonds. The molecule has 18 heavy (non-hydrogen) atoms. The minimum Gasteiger partial charge on any atom is -0.383 e. The van der Waals surface area contributed by atoms with E-state index in [1.54, 1.807) is 7.11 Å². The van der Waals surface area contributed by atoms with Gasteiger partial charge in [-0.1, -0.05) is 19.3 Å². The molecule has 3 N–H and O–H groups in total. The van der Waals surface area contributed by atoms with Crippen molar-refractivity contribution in [2.24, 2.45) is 11.7 Å². The Labute approximate surface area is 111 Å². The normalized spacial score (nSPS) is 19.9. The number of hydrogen-bond acceptors (Lipinski definition) is 4. The predicted molar refractivity (Wildman–Crippen MR) is 72.8 cm³/mol. The fourth-order valence-electron chi connectivity index (χ4n) is 2.54. The van der Waals surface area contributed by atoms with Gasteiger partial charge in [0.1, 0.15) is 0 Å². The lowest BCUT2D eigenvalue weighted by Crippen LogP contribution is -2.41. The smallest absolute Gasteiger partial charge is 0.212 e. The first kappa shape index (κ1) is 15.9. The molecule has 0 spiro atoms. The third-order valence-electron chi connectivity index (χ3n) is 3.41. The summed E-state index contributed by atoms with van der Waals surface area (Å²) in [5.74, 6) is 0.565. The van der Waals surface area contributed by atoms with Crippen molar-refractivity contribution in [3.8, 4) is 0 Å². The van der Waals surface area contributed by atoms with Crippen molar-refractivity contribution in [2.75, 3.05) is 26.0 Å². The van der Waals surface area contributed by atoms with Crippen LogP contribution in [0, 0.1) is 5.92 Å². The molecule has 1 unspecified atom stereocenters. The summed E-state index contributed by atoms with van der Waals surface area (Å²) >= 11 is 0. The summed E-state index contributed by atoms with van der Waals surface area (Å²) in [6, 6.07) is -0.200. The molecular weight excluding hydrogens is 252 g/mol. The van der Waals surface area contributed by atoms with E-state index in [4.69, 9.17) is 10.5 Å². The van der Waals surface area contributed by atoms with E-state index in [9.17, 15) is 8.42 Å². The van der Waals surface area contributed by atoms with Crippen molar-refractivity contribution in [1.82, 2.24) is 4.72 Å². The fourth-order valence-corrected chi connectivity index (χ4v) is 4.29. The zero-order valence-corrected chi connectivity index (χ0v) is 12.0. The van der Waals surface area contributed by atoms with Gasteiger partial charge in [-0.15, -0.1) is 0 Å². The molecule has 0 aromatic rings. The van der Waals surface area contributed by atoms with Crippen molar-refractivity contribution < 1.29 is 13.2 Å². The summed E-state index contributed by atoms with van der Waals surface area (Å²) in [6.07, 6.45) is 6.23. The maximum atomic E-state index is 12.1. The number of sulfonamides is 1. The van der Waals surface area contributed by atoms with Crippen LogP contribution in [0.15, 0.2) is 0 Å². The van der Waals surface area contributed by atoms with Crippen LogP contribution in [0.3, 0.4) is 0 Å². The van der Waals surface area contributed by atoms with Crippen LogP contribution in [-0.2, 0) is 14.8 Å². The Hall–Kier alpha value is -0.170. The molecule has 0 saturated heterocycles. The van der Waals surface area contributed by atoms with Gasteiger partial charge in [-0.3, -0.25) is 0 Å². The lowest BCUT2D eigenvalue weighted by molar-refractivity contribution is 0.172. The van der Waals surface area contributed by atoms with Gasteiger partial charge in [0.2, 0.25) is 10.0 Å². The molecule has 1 fully saturated rings. The number of nitrogens with one attached hydrogen (secondary N) is 1. The highest BCUT2D eigenvalue weighted by molar-refractivity contribution is 7.89. The van der Waals surface area contributed by atoms with E-state index in [2.05, 4.69) is 4.72 Å². The summed E-state index contributed by atoms with van der Waals surface area (Å²) in [6.45, 7) is 0.834. The van der Waals surface area contributed by atoms with E-state index in [1.807, 2.05) is 0 Å². The summed E-state index contributed by atoms with van der Waals surface area (Å²) in [7, 11) is -1.64. The van der Waals surface area contributed by atoms with Crippen LogP contribution in [0.2, 0.25) is 0 Å². The van der Waals surface area contributed by atoms with Crippen LogP contribution in [0.25, 0.3) is 0 Å². The molecule has 0 aromatic carbocycles. The predicted octanol–water partition coefficient (Wildman–Crippen LogP) is 0.850. The fraction of sp³-hybridized carbons (Fsp3) is 1.00. The van der Waals surface area contributed by atoms with Gasteiger partial charge in [0.15, 0.2) is 0 Å². The minimum atomic E-state index is -3.21. The molecule has 1 saturated carbocycles.